The number of nitriles is 1. The minimum atomic E-state index is -0.215. The van der Waals surface area contributed by atoms with Crippen LogP contribution < -0.4 is 11.1 Å². The summed E-state index contributed by atoms with van der Waals surface area (Å²) in [5.41, 5.74) is 6.39. The van der Waals surface area contributed by atoms with Gasteiger partial charge in [-0.3, -0.25) is 4.79 Å². The van der Waals surface area contributed by atoms with E-state index in [2.05, 4.69) is 11.4 Å². The van der Waals surface area contributed by atoms with Gasteiger partial charge in [-0.25, -0.2) is 0 Å². The van der Waals surface area contributed by atoms with Gasteiger partial charge < -0.3 is 16.0 Å². The lowest BCUT2D eigenvalue weighted by molar-refractivity contribution is -0.130. The Balaban J connectivity index is 1.50. The molecular formula is C15H24N4O. The van der Waals surface area contributed by atoms with E-state index in [9.17, 15) is 4.79 Å². The lowest BCUT2D eigenvalue weighted by Gasteiger charge is -2.35. The molecule has 5 nitrogen and oxygen atoms in total. The molecule has 0 aromatic heterocycles. The van der Waals surface area contributed by atoms with E-state index in [1.165, 1.54) is 6.42 Å². The maximum Gasteiger partial charge on any atom is 0.237 e. The Bertz CT molecular complexity index is 432. The highest BCUT2D eigenvalue weighted by Gasteiger charge is 2.43. The molecule has 2 saturated carbocycles. The van der Waals surface area contributed by atoms with Crippen LogP contribution in [-0.4, -0.2) is 41.5 Å². The first-order valence-corrected chi connectivity index (χ1v) is 7.81. The second-order valence-electron chi connectivity index (χ2n) is 6.86. The van der Waals surface area contributed by atoms with Gasteiger partial charge in [0.1, 0.15) is 6.04 Å². The van der Waals surface area contributed by atoms with Gasteiger partial charge in [0.2, 0.25) is 5.91 Å². The molecule has 110 valence electrons. The van der Waals surface area contributed by atoms with E-state index in [1.807, 2.05) is 0 Å². The molecule has 2 bridgehead atoms. The molecule has 1 saturated heterocycles. The van der Waals surface area contributed by atoms with Crippen molar-refractivity contribution in [1.29, 1.82) is 5.26 Å². The first-order chi connectivity index (χ1) is 9.59. The summed E-state index contributed by atoms with van der Waals surface area (Å²) in [5.74, 6) is 0.804. The molecule has 0 radical (unpaired) electrons. The highest BCUT2D eigenvalue weighted by Crippen LogP contribution is 2.43. The third-order valence-electron chi connectivity index (χ3n) is 5.28. The predicted molar refractivity (Wildman–Crippen MR) is 75.6 cm³/mol. The summed E-state index contributed by atoms with van der Waals surface area (Å²) >= 11 is 0. The Morgan fingerprint density at radius 3 is 3.05 bits per heavy atom. The van der Waals surface area contributed by atoms with Gasteiger partial charge in [-0.1, -0.05) is 0 Å². The standard InChI is InChI=1S/C15H24N4O/c16-9-13-2-1-5-19(13)14(20)10-18-12-6-11-3-4-15(17,7-11)8-12/h11-13,18H,1-8,10,17H2/t11-,12-,13-,15-/m0/s1. The third kappa shape index (κ3) is 2.68. The fourth-order valence-corrected chi connectivity index (χ4v) is 4.32. The molecule has 20 heavy (non-hydrogen) atoms. The minimum Gasteiger partial charge on any atom is -0.326 e. The molecule has 0 unspecified atom stereocenters. The SMILES string of the molecule is N#C[C@@H]1CCCN1C(=O)CN[C@H]1C[C@@H]2CC[C@](N)(C2)C1. The highest BCUT2D eigenvalue weighted by atomic mass is 16.2. The molecule has 0 spiro atoms. The van der Waals surface area contributed by atoms with Crippen LogP contribution in [0.5, 0.6) is 0 Å². The second kappa shape index (κ2) is 5.34. The summed E-state index contributed by atoms with van der Waals surface area (Å²) in [6, 6.07) is 2.37. The fourth-order valence-electron chi connectivity index (χ4n) is 4.32. The molecular weight excluding hydrogens is 252 g/mol. The van der Waals surface area contributed by atoms with Crippen LogP contribution in [0.4, 0.5) is 0 Å². The van der Waals surface area contributed by atoms with E-state index in [4.69, 9.17) is 11.0 Å². The first kappa shape index (κ1) is 13.8. The predicted octanol–water partition coefficient (Wildman–Crippen LogP) is 0.751. The van der Waals surface area contributed by atoms with Crippen molar-refractivity contribution in [2.45, 2.75) is 62.6 Å². The van der Waals surface area contributed by atoms with Crippen molar-refractivity contribution in [3.05, 3.63) is 0 Å². The van der Waals surface area contributed by atoms with Gasteiger partial charge in [0, 0.05) is 18.1 Å². The Morgan fingerprint density at radius 2 is 2.30 bits per heavy atom. The van der Waals surface area contributed by atoms with Crippen LogP contribution in [0.15, 0.2) is 0 Å². The van der Waals surface area contributed by atoms with Crippen molar-refractivity contribution in [1.82, 2.24) is 10.2 Å². The third-order valence-corrected chi connectivity index (χ3v) is 5.28. The lowest BCUT2D eigenvalue weighted by atomic mass is 9.80. The Labute approximate surface area is 120 Å². The number of nitrogens with two attached hydrogens (primary N) is 1. The van der Waals surface area contributed by atoms with Gasteiger partial charge in [0.25, 0.3) is 0 Å². The number of rotatable bonds is 3. The van der Waals surface area contributed by atoms with Crippen LogP contribution in [0.1, 0.15) is 44.9 Å². The van der Waals surface area contributed by atoms with Crippen LogP contribution >= 0.6 is 0 Å². The van der Waals surface area contributed by atoms with Crippen molar-refractivity contribution in [2.75, 3.05) is 13.1 Å². The Morgan fingerprint density at radius 1 is 1.45 bits per heavy atom. The summed E-state index contributed by atoms with van der Waals surface area (Å²) in [6.45, 7) is 1.08. The number of hydrogen-bond acceptors (Lipinski definition) is 4. The first-order valence-electron chi connectivity index (χ1n) is 7.81. The minimum absolute atomic E-state index is 0.00641. The number of likely N-dealkylation sites (tertiary alicyclic amines) is 1. The monoisotopic (exact) mass is 276 g/mol. The zero-order chi connectivity index (χ0) is 14.2. The molecule has 3 fully saturated rings. The lowest BCUT2D eigenvalue weighted by Crippen LogP contribution is -2.50. The zero-order valence-electron chi connectivity index (χ0n) is 12.0. The van der Waals surface area contributed by atoms with Gasteiger partial charge in [0.15, 0.2) is 0 Å². The molecule has 3 N–H and O–H groups in total. The van der Waals surface area contributed by atoms with Gasteiger partial charge >= 0.3 is 0 Å². The van der Waals surface area contributed by atoms with E-state index in [-0.39, 0.29) is 17.5 Å². The van der Waals surface area contributed by atoms with Crippen molar-refractivity contribution >= 4 is 5.91 Å². The van der Waals surface area contributed by atoms with Crippen LogP contribution in [0, 0.1) is 17.2 Å². The Hall–Kier alpha value is -1.12. The summed E-state index contributed by atoms with van der Waals surface area (Å²) in [5, 5.41) is 12.4. The Kier molecular flexibility index (Phi) is 3.70. The summed E-state index contributed by atoms with van der Waals surface area (Å²) in [4.78, 5) is 13.9. The van der Waals surface area contributed by atoms with Gasteiger partial charge in [0.05, 0.1) is 12.6 Å². The second-order valence-corrected chi connectivity index (χ2v) is 6.86. The van der Waals surface area contributed by atoms with E-state index >= 15 is 0 Å². The van der Waals surface area contributed by atoms with Crippen molar-refractivity contribution in [3.8, 4) is 6.07 Å². The van der Waals surface area contributed by atoms with Crippen LogP contribution in [0.25, 0.3) is 0 Å². The molecule has 0 aromatic rings. The van der Waals surface area contributed by atoms with Crippen LogP contribution in [0.2, 0.25) is 0 Å². The fraction of sp³-hybridized carbons (Fsp3) is 0.867. The molecule has 0 aromatic carbocycles. The topological polar surface area (TPSA) is 82.2 Å². The van der Waals surface area contributed by atoms with Crippen molar-refractivity contribution < 1.29 is 4.79 Å². The molecule has 4 atom stereocenters. The molecule has 1 aliphatic heterocycles. The summed E-state index contributed by atoms with van der Waals surface area (Å²) in [7, 11) is 0. The molecule has 3 rings (SSSR count). The number of carbonyl (C=O) groups excluding carboxylic acids is 1. The number of nitrogens with zero attached hydrogens (tertiary/aromatic N) is 2. The zero-order valence-corrected chi connectivity index (χ0v) is 12.0. The van der Waals surface area contributed by atoms with E-state index in [0.717, 1.165) is 51.0 Å². The van der Waals surface area contributed by atoms with Gasteiger partial charge in [-0.15, -0.1) is 0 Å². The molecule has 2 aliphatic carbocycles. The number of fused-ring (bicyclic) bond motifs is 2. The van der Waals surface area contributed by atoms with E-state index in [1.54, 1.807) is 4.90 Å². The highest BCUT2D eigenvalue weighted by molar-refractivity contribution is 5.79. The largest absolute Gasteiger partial charge is 0.326 e. The van der Waals surface area contributed by atoms with Gasteiger partial charge in [-0.05, 0) is 50.9 Å². The maximum atomic E-state index is 12.2. The average Bonchev–Trinajstić information content (AvgIpc) is 3.00. The number of amides is 1. The van der Waals surface area contributed by atoms with E-state index < -0.39 is 0 Å². The smallest absolute Gasteiger partial charge is 0.237 e. The number of hydrogen-bond donors (Lipinski definition) is 2. The maximum absolute atomic E-state index is 12.2. The molecule has 5 heteroatoms. The normalized spacial score (nSPS) is 39.8. The van der Waals surface area contributed by atoms with E-state index in [0.29, 0.717) is 12.6 Å². The number of nitrogens with one attached hydrogen (secondary N) is 1. The molecule has 3 aliphatic rings. The van der Waals surface area contributed by atoms with Crippen LogP contribution in [-0.2, 0) is 4.79 Å². The summed E-state index contributed by atoms with van der Waals surface area (Å²) in [6.07, 6.45) is 7.42. The average molecular weight is 276 g/mol. The number of carbonyl (C=O) groups is 1. The molecule has 1 heterocycles. The quantitative estimate of drug-likeness (QED) is 0.797. The molecule has 1 amide bonds. The van der Waals surface area contributed by atoms with Gasteiger partial charge in [-0.2, -0.15) is 5.26 Å². The van der Waals surface area contributed by atoms with Crippen molar-refractivity contribution in [2.24, 2.45) is 11.7 Å². The summed E-state index contributed by atoms with van der Waals surface area (Å²) < 4.78 is 0. The van der Waals surface area contributed by atoms with Crippen molar-refractivity contribution in [3.63, 3.8) is 0 Å². The van der Waals surface area contributed by atoms with Crippen LogP contribution in [0.3, 0.4) is 0 Å².